The molecule has 0 atom stereocenters. The van der Waals surface area contributed by atoms with Crippen LogP contribution in [0, 0.1) is 12.8 Å². The van der Waals surface area contributed by atoms with Gasteiger partial charge in [0.2, 0.25) is 0 Å². The van der Waals surface area contributed by atoms with Crippen LogP contribution in [0.25, 0.3) is 0 Å². The largest absolute Gasteiger partial charge is 0.398 e. The van der Waals surface area contributed by atoms with Gasteiger partial charge in [-0.25, -0.2) is 0 Å². The summed E-state index contributed by atoms with van der Waals surface area (Å²) in [6.07, 6.45) is 2.32. The normalized spacial score (nSPS) is 10.8. The summed E-state index contributed by atoms with van der Waals surface area (Å²) < 4.78 is 0. The van der Waals surface area contributed by atoms with Crippen LogP contribution in [0.5, 0.6) is 0 Å². The molecule has 0 aliphatic carbocycles. The van der Waals surface area contributed by atoms with Crippen molar-refractivity contribution in [3.8, 4) is 0 Å². The van der Waals surface area contributed by atoms with Gasteiger partial charge in [-0.15, -0.1) is 0 Å². The van der Waals surface area contributed by atoms with E-state index in [1.54, 1.807) is 0 Å². The predicted molar refractivity (Wildman–Crippen MR) is 60.9 cm³/mol. The van der Waals surface area contributed by atoms with Gasteiger partial charge < -0.3 is 5.73 Å². The molecule has 1 aromatic carbocycles. The number of aryl methyl sites for hydroxylation is 2. The van der Waals surface area contributed by atoms with Crippen molar-refractivity contribution in [2.75, 3.05) is 5.73 Å². The quantitative estimate of drug-likeness (QED) is 0.707. The number of rotatable bonds is 3. The van der Waals surface area contributed by atoms with Crippen LogP contribution in [0.2, 0.25) is 0 Å². The SMILES string of the molecule is Cc1cccc(CCC(C)C)c1N.[HH]. The summed E-state index contributed by atoms with van der Waals surface area (Å²) >= 11 is 0. The van der Waals surface area contributed by atoms with Gasteiger partial charge in [0.15, 0.2) is 0 Å². The van der Waals surface area contributed by atoms with Gasteiger partial charge in [-0.3, -0.25) is 0 Å². The van der Waals surface area contributed by atoms with E-state index in [-0.39, 0.29) is 1.43 Å². The zero-order valence-electron chi connectivity index (χ0n) is 8.80. The van der Waals surface area contributed by atoms with Crippen LogP contribution < -0.4 is 5.73 Å². The fourth-order valence-electron chi connectivity index (χ4n) is 1.40. The minimum atomic E-state index is 0. The molecule has 0 fully saturated rings. The molecule has 0 amide bonds. The molecule has 0 radical (unpaired) electrons. The first-order chi connectivity index (χ1) is 6.11. The molecule has 0 aliphatic rings. The minimum Gasteiger partial charge on any atom is -0.398 e. The highest BCUT2D eigenvalue weighted by atomic mass is 14.6. The van der Waals surface area contributed by atoms with Crippen molar-refractivity contribution in [2.45, 2.75) is 33.6 Å². The third-order valence-corrected chi connectivity index (χ3v) is 2.41. The second-order valence-corrected chi connectivity index (χ2v) is 4.08. The van der Waals surface area contributed by atoms with Gasteiger partial charge in [0.1, 0.15) is 0 Å². The molecule has 0 spiro atoms. The van der Waals surface area contributed by atoms with Crippen molar-refractivity contribution in [1.29, 1.82) is 0 Å². The molecule has 0 bridgehead atoms. The molecular formula is C12H21N. The fourth-order valence-corrected chi connectivity index (χ4v) is 1.40. The summed E-state index contributed by atoms with van der Waals surface area (Å²) in [6, 6.07) is 6.28. The van der Waals surface area contributed by atoms with Crippen molar-refractivity contribution in [3.63, 3.8) is 0 Å². The maximum atomic E-state index is 5.97. The van der Waals surface area contributed by atoms with Crippen LogP contribution in [0.1, 0.15) is 32.8 Å². The molecule has 0 saturated carbocycles. The zero-order valence-corrected chi connectivity index (χ0v) is 8.80. The van der Waals surface area contributed by atoms with Crippen LogP contribution in [-0.2, 0) is 6.42 Å². The molecule has 0 aliphatic heterocycles. The Morgan fingerprint density at radius 3 is 2.69 bits per heavy atom. The lowest BCUT2D eigenvalue weighted by atomic mass is 9.99. The van der Waals surface area contributed by atoms with Crippen LogP contribution >= 0.6 is 0 Å². The zero-order chi connectivity index (χ0) is 9.84. The summed E-state index contributed by atoms with van der Waals surface area (Å²) in [5.74, 6) is 0.750. The van der Waals surface area contributed by atoms with Crippen molar-refractivity contribution in [3.05, 3.63) is 29.3 Å². The lowest BCUT2D eigenvalue weighted by Crippen LogP contribution is -1.99. The van der Waals surface area contributed by atoms with Crippen LogP contribution in [-0.4, -0.2) is 0 Å². The van der Waals surface area contributed by atoms with E-state index in [4.69, 9.17) is 5.73 Å². The molecule has 1 aromatic rings. The van der Waals surface area contributed by atoms with Crippen LogP contribution in [0.4, 0.5) is 5.69 Å². The molecule has 74 valence electrons. The number of nitrogen functional groups attached to an aromatic ring is 1. The summed E-state index contributed by atoms with van der Waals surface area (Å²) in [4.78, 5) is 0. The van der Waals surface area contributed by atoms with E-state index in [0.717, 1.165) is 18.0 Å². The summed E-state index contributed by atoms with van der Waals surface area (Å²) in [6.45, 7) is 6.55. The molecule has 0 aromatic heterocycles. The highest BCUT2D eigenvalue weighted by Gasteiger charge is 2.02. The van der Waals surface area contributed by atoms with Gasteiger partial charge in [-0.05, 0) is 36.8 Å². The average molecular weight is 179 g/mol. The minimum absolute atomic E-state index is 0. The maximum absolute atomic E-state index is 5.97. The van der Waals surface area contributed by atoms with Gasteiger partial charge >= 0.3 is 0 Å². The molecule has 0 heterocycles. The fraction of sp³-hybridized carbons (Fsp3) is 0.500. The number of benzene rings is 1. The number of hydrogen-bond acceptors (Lipinski definition) is 1. The maximum Gasteiger partial charge on any atom is 0.0376 e. The summed E-state index contributed by atoms with van der Waals surface area (Å²) in [7, 11) is 0. The molecule has 1 nitrogen and oxygen atoms in total. The van der Waals surface area contributed by atoms with Gasteiger partial charge in [0.25, 0.3) is 0 Å². The number of para-hydroxylation sites is 1. The number of hydrogen-bond donors (Lipinski definition) is 1. The highest BCUT2D eigenvalue weighted by molar-refractivity contribution is 5.53. The molecule has 1 rings (SSSR count). The number of anilines is 1. The lowest BCUT2D eigenvalue weighted by Gasteiger charge is -2.09. The predicted octanol–water partition coefficient (Wildman–Crippen LogP) is 3.41. The van der Waals surface area contributed by atoms with E-state index in [1.807, 2.05) is 0 Å². The van der Waals surface area contributed by atoms with Crippen molar-refractivity contribution >= 4 is 5.69 Å². The van der Waals surface area contributed by atoms with E-state index in [2.05, 4.69) is 39.0 Å². The van der Waals surface area contributed by atoms with E-state index >= 15 is 0 Å². The van der Waals surface area contributed by atoms with E-state index < -0.39 is 0 Å². The van der Waals surface area contributed by atoms with E-state index in [9.17, 15) is 0 Å². The molecular weight excluding hydrogens is 158 g/mol. The first-order valence-electron chi connectivity index (χ1n) is 4.95. The number of nitrogens with two attached hydrogens (primary N) is 1. The third kappa shape index (κ3) is 2.76. The first kappa shape index (κ1) is 10.1. The highest BCUT2D eigenvalue weighted by Crippen LogP contribution is 2.19. The topological polar surface area (TPSA) is 26.0 Å². The second-order valence-electron chi connectivity index (χ2n) is 4.08. The lowest BCUT2D eigenvalue weighted by molar-refractivity contribution is 0.587. The molecule has 1 heteroatoms. The van der Waals surface area contributed by atoms with Crippen LogP contribution in [0.15, 0.2) is 18.2 Å². The molecule has 13 heavy (non-hydrogen) atoms. The third-order valence-electron chi connectivity index (χ3n) is 2.41. The van der Waals surface area contributed by atoms with Gasteiger partial charge in [0, 0.05) is 7.11 Å². The summed E-state index contributed by atoms with van der Waals surface area (Å²) in [5, 5.41) is 0. The van der Waals surface area contributed by atoms with Crippen molar-refractivity contribution in [2.24, 2.45) is 5.92 Å². The standard InChI is InChI=1S/C12H19N.H2/c1-9(2)7-8-11-6-4-5-10(3)12(11)13;/h4-6,9H,7-8,13H2,1-3H3;1H. The van der Waals surface area contributed by atoms with Crippen LogP contribution in [0.3, 0.4) is 0 Å². The Hall–Kier alpha value is -0.980. The Balaban J connectivity index is 0.00000169. The van der Waals surface area contributed by atoms with Gasteiger partial charge in [0.05, 0.1) is 0 Å². The van der Waals surface area contributed by atoms with E-state index in [0.29, 0.717) is 0 Å². The Morgan fingerprint density at radius 2 is 2.08 bits per heavy atom. The molecule has 0 unspecified atom stereocenters. The van der Waals surface area contributed by atoms with Gasteiger partial charge in [-0.1, -0.05) is 32.0 Å². The Morgan fingerprint density at radius 1 is 1.38 bits per heavy atom. The van der Waals surface area contributed by atoms with Crippen molar-refractivity contribution in [1.82, 2.24) is 0 Å². The Kier molecular flexibility index (Phi) is 3.35. The average Bonchev–Trinajstić information content (AvgIpc) is 2.07. The Labute approximate surface area is 82.4 Å². The monoisotopic (exact) mass is 179 g/mol. The second kappa shape index (κ2) is 4.31. The molecule has 0 saturated heterocycles. The molecule has 2 N–H and O–H groups in total. The van der Waals surface area contributed by atoms with Gasteiger partial charge in [-0.2, -0.15) is 0 Å². The Bertz CT molecular complexity index is 282. The van der Waals surface area contributed by atoms with E-state index in [1.165, 1.54) is 17.5 Å². The summed E-state index contributed by atoms with van der Waals surface area (Å²) in [5.41, 5.74) is 9.44. The first-order valence-corrected chi connectivity index (χ1v) is 4.95. The van der Waals surface area contributed by atoms with Crippen molar-refractivity contribution < 1.29 is 1.43 Å². The smallest absolute Gasteiger partial charge is 0.0376 e.